The van der Waals surface area contributed by atoms with E-state index in [1.54, 1.807) is 65.4 Å². The van der Waals surface area contributed by atoms with Gasteiger partial charge in [0.1, 0.15) is 11.6 Å². The Morgan fingerprint density at radius 1 is 1.03 bits per heavy atom. The van der Waals surface area contributed by atoms with E-state index in [-0.39, 0.29) is 17.8 Å². The number of hydrogen-bond donors (Lipinski definition) is 1. The van der Waals surface area contributed by atoms with E-state index in [1.807, 2.05) is 12.1 Å². The number of rotatable bonds is 6. The summed E-state index contributed by atoms with van der Waals surface area (Å²) < 4.78 is 18.6. The van der Waals surface area contributed by atoms with E-state index < -0.39 is 0 Å². The van der Waals surface area contributed by atoms with Crippen LogP contribution < -0.4 is 15.0 Å². The number of carbonyl (C=O) groups excluding carboxylic acids is 2. The molecular weight excluding hydrogens is 409 g/mol. The molecule has 1 heterocycles. The molecule has 0 unspecified atom stereocenters. The number of hydrogen-bond acceptors (Lipinski definition) is 3. The van der Waals surface area contributed by atoms with E-state index in [0.29, 0.717) is 42.3 Å². The number of carbonyl (C=O) groups is 2. The molecule has 32 heavy (non-hydrogen) atoms. The second-order valence-electron chi connectivity index (χ2n) is 7.57. The first kappa shape index (κ1) is 21.4. The Hall–Kier alpha value is -3.87. The molecule has 3 amide bonds. The van der Waals surface area contributed by atoms with E-state index in [4.69, 9.17) is 4.74 Å². The topological polar surface area (TPSA) is 61.9 Å². The molecule has 1 N–H and O–H groups in total. The molecule has 1 aliphatic heterocycles. The van der Waals surface area contributed by atoms with Crippen molar-refractivity contribution < 1.29 is 18.7 Å². The van der Waals surface area contributed by atoms with Crippen LogP contribution in [0.15, 0.2) is 72.8 Å². The summed E-state index contributed by atoms with van der Waals surface area (Å²) in [7, 11) is 1.57. The highest BCUT2D eigenvalue weighted by Crippen LogP contribution is 2.25. The minimum atomic E-state index is -0.316. The van der Waals surface area contributed by atoms with Gasteiger partial charge in [-0.15, -0.1) is 0 Å². The van der Waals surface area contributed by atoms with Crippen LogP contribution in [0.25, 0.3) is 0 Å². The number of nitrogens with zero attached hydrogens (tertiary/aromatic N) is 2. The number of urea groups is 1. The molecule has 0 atom stereocenters. The fourth-order valence-corrected chi connectivity index (χ4v) is 3.72. The van der Waals surface area contributed by atoms with Gasteiger partial charge in [-0.05, 0) is 66.6 Å². The van der Waals surface area contributed by atoms with Gasteiger partial charge in [0, 0.05) is 36.6 Å². The van der Waals surface area contributed by atoms with E-state index in [0.717, 1.165) is 12.0 Å². The summed E-state index contributed by atoms with van der Waals surface area (Å²) in [5, 5.41) is 2.87. The summed E-state index contributed by atoms with van der Waals surface area (Å²) >= 11 is 0. The van der Waals surface area contributed by atoms with Gasteiger partial charge in [0.15, 0.2) is 0 Å². The van der Waals surface area contributed by atoms with Crippen LogP contribution in [-0.4, -0.2) is 37.0 Å². The average molecular weight is 433 g/mol. The Bertz CT molecular complexity index is 1120. The van der Waals surface area contributed by atoms with Gasteiger partial charge in [-0.3, -0.25) is 9.69 Å². The molecule has 0 aliphatic carbocycles. The summed E-state index contributed by atoms with van der Waals surface area (Å²) in [4.78, 5) is 29.1. The van der Waals surface area contributed by atoms with Gasteiger partial charge >= 0.3 is 6.03 Å². The fraction of sp³-hybridized carbons (Fsp3) is 0.200. The molecule has 0 spiro atoms. The molecule has 164 valence electrons. The monoisotopic (exact) mass is 433 g/mol. The highest BCUT2D eigenvalue weighted by molar-refractivity contribution is 6.04. The van der Waals surface area contributed by atoms with Gasteiger partial charge in [-0.25, -0.2) is 9.18 Å². The molecule has 0 radical (unpaired) electrons. The maximum Gasteiger partial charge on any atom is 0.324 e. The number of anilines is 2. The molecule has 0 aromatic heterocycles. The first-order chi connectivity index (χ1) is 15.5. The fourth-order valence-electron chi connectivity index (χ4n) is 3.72. The maximum atomic E-state index is 13.5. The minimum absolute atomic E-state index is 0.140. The Labute approximate surface area is 186 Å². The second-order valence-corrected chi connectivity index (χ2v) is 7.57. The number of nitrogens with one attached hydrogen (secondary N) is 1. The molecule has 1 fully saturated rings. The van der Waals surface area contributed by atoms with Crippen LogP contribution in [0.1, 0.15) is 22.3 Å². The first-order valence-electron chi connectivity index (χ1n) is 10.4. The Kier molecular flexibility index (Phi) is 6.35. The first-order valence-corrected chi connectivity index (χ1v) is 10.4. The third-order valence-electron chi connectivity index (χ3n) is 5.34. The minimum Gasteiger partial charge on any atom is -0.497 e. The Morgan fingerprint density at radius 3 is 2.56 bits per heavy atom. The van der Waals surface area contributed by atoms with Crippen molar-refractivity contribution in [3.05, 3.63) is 89.7 Å². The van der Waals surface area contributed by atoms with E-state index in [1.165, 1.54) is 12.1 Å². The van der Waals surface area contributed by atoms with E-state index in [2.05, 4.69) is 5.32 Å². The zero-order valence-corrected chi connectivity index (χ0v) is 17.8. The van der Waals surface area contributed by atoms with Crippen molar-refractivity contribution >= 4 is 23.3 Å². The average Bonchev–Trinajstić information content (AvgIpc) is 2.81. The van der Waals surface area contributed by atoms with Crippen LogP contribution in [0.2, 0.25) is 0 Å². The lowest BCUT2D eigenvalue weighted by Crippen LogP contribution is -2.49. The maximum absolute atomic E-state index is 13.5. The van der Waals surface area contributed by atoms with Crippen molar-refractivity contribution in [3.8, 4) is 5.75 Å². The van der Waals surface area contributed by atoms with Crippen molar-refractivity contribution in [2.24, 2.45) is 0 Å². The van der Waals surface area contributed by atoms with Gasteiger partial charge in [0.25, 0.3) is 5.91 Å². The van der Waals surface area contributed by atoms with Gasteiger partial charge in [0.05, 0.1) is 7.11 Å². The van der Waals surface area contributed by atoms with Crippen molar-refractivity contribution in [3.63, 3.8) is 0 Å². The van der Waals surface area contributed by atoms with Gasteiger partial charge in [-0.2, -0.15) is 0 Å². The van der Waals surface area contributed by atoms with Crippen LogP contribution in [0.4, 0.5) is 20.6 Å². The van der Waals surface area contributed by atoms with Crippen LogP contribution >= 0.6 is 0 Å². The molecule has 6 nitrogen and oxygen atoms in total. The van der Waals surface area contributed by atoms with Crippen molar-refractivity contribution in [2.75, 3.05) is 30.4 Å². The second kappa shape index (κ2) is 9.51. The van der Waals surface area contributed by atoms with Crippen LogP contribution in [0.5, 0.6) is 5.75 Å². The normalized spacial score (nSPS) is 13.8. The molecule has 0 bridgehead atoms. The number of methoxy groups -OCH3 is 1. The van der Waals surface area contributed by atoms with Gasteiger partial charge in [-0.1, -0.05) is 18.2 Å². The predicted molar refractivity (Wildman–Crippen MR) is 122 cm³/mol. The third-order valence-corrected chi connectivity index (χ3v) is 5.34. The number of ether oxygens (including phenoxy) is 1. The SMILES string of the molecule is COc1ccc(C(=O)Nc2cccc(N3CCCN(Cc4cccc(F)c4)C3=O)c2)cc1. The lowest BCUT2D eigenvalue weighted by atomic mass is 10.1. The summed E-state index contributed by atoms with van der Waals surface area (Å²) in [6.07, 6.45) is 0.795. The van der Waals surface area contributed by atoms with E-state index >= 15 is 0 Å². The van der Waals surface area contributed by atoms with E-state index in [9.17, 15) is 14.0 Å². The lowest BCUT2D eigenvalue weighted by molar-refractivity contribution is 0.102. The smallest absolute Gasteiger partial charge is 0.324 e. The van der Waals surface area contributed by atoms with Crippen LogP contribution in [0, 0.1) is 5.82 Å². The number of benzene rings is 3. The molecule has 3 aromatic carbocycles. The quantitative estimate of drug-likeness (QED) is 0.600. The van der Waals surface area contributed by atoms with Crippen LogP contribution in [0.3, 0.4) is 0 Å². The summed E-state index contributed by atoms with van der Waals surface area (Å²) in [5.74, 6) is 0.113. The summed E-state index contributed by atoms with van der Waals surface area (Å²) in [6, 6.07) is 20.2. The van der Waals surface area contributed by atoms with Crippen molar-refractivity contribution in [1.82, 2.24) is 4.90 Å². The molecular formula is C25H24FN3O3. The lowest BCUT2D eigenvalue weighted by Gasteiger charge is -2.36. The Morgan fingerprint density at radius 2 is 1.81 bits per heavy atom. The number of amides is 3. The summed E-state index contributed by atoms with van der Waals surface area (Å²) in [6.45, 7) is 1.54. The largest absolute Gasteiger partial charge is 0.497 e. The zero-order valence-electron chi connectivity index (χ0n) is 17.8. The molecule has 1 saturated heterocycles. The number of halogens is 1. The van der Waals surface area contributed by atoms with Gasteiger partial charge in [0.2, 0.25) is 0 Å². The van der Waals surface area contributed by atoms with Gasteiger partial charge < -0.3 is 15.0 Å². The molecule has 4 rings (SSSR count). The van der Waals surface area contributed by atoms with Crippen molar-refractivity contribution in [2.45, 2.75) is 13.0 Å². The molecule has 7 heteroatoms. The third kappa shape index (κ3) is 4.88. The highest BCUT2D eigenvalue weighted by Gasteiger charge is 2.27. The molecule has 1 aliphatic rings. The molecule has 3 aromatic rings. The standard InChI is InChI=1S/C25H24FN3O3/c1-32-23-11-9-19(10-12-23)24(30)27-21-7-3-8-22(16-21)29-14-4-13-28(25(29)31)17-18-5-2-6-20(26)15-18/h2-3,5-12,15-16H,4,13-14,17H2,1H3,(H,27,30). The molecule has 0 saturated carbocycles. The predicted octanol–water partition coefficient (Wildman–Crippen LogP) is 4.92. The van der Waals surface area contributed by atoms with Crippen molar-refractivity contribution in [1.29, 1.82) is 0 Å². The summed E-state index contributed by atoms with van der Waals surface area (Å²) in [5.41, 5.74) is 2.55. The Balaban J connectivity index is 1.46. The highest BCUT2D eigenvalue weighted by atomic mass is 19.1. The van der Waals surface area contributed by atoms with Crippen LogP contribution in [-0.2, 0) is 6.54 Å². The zero-order chi connectivity index (χ0) is 22.5.